The first-order chi connectivity index (χ1) is 5.25. The molecule has 1 unspecified atom stereocenters. The van der Waals surface area contributed by atoms with Gasteiger partial charge in [-0.2, -0.15) is 0 Å². The zero-order valence-electron chi connectivity index (χ0n) is 7.99. The van der Waals surface area contributed by atoms with E-state index >= 15 is 0 Å². The van der Waals surface area contributed by atoms with E-state index < -0.39 is 20.9 Å². The summed E-state index contributed by atoms with van der Waals surface area (Å²) in [6, 6.07) is 0. The van der Waals surface area contributed by atoms with E-state index in [2.05, 4.69) is 0 Å². The topological polar surface area (TPSA) is 43.4 Å². The molecule has 1 atom stereocenters. The van der Waals surface area contributed by atoms with Gasteiger partial charge < -0.3 is 4.74 Å². The van der Waals surface area contributed by atoms with Gasteiger partial charge in [0.15, 0.2) is 15.3 Å². The van der Waals surface area contributed by atoms with Crippen LogP contribution in [0.3, 0.4) is 0 Å². The lowest BCUT2D eigenvalue weighted by atomic mass is 10.2. The van der Waals surface area contributed by atoms with Crippen molar-refractivity contribution in [3.8, 4) is 0 Å². The van der Waals surface area contributed by atoms with Gasteiger partial charge in [0.2, 0.25) is 0 Å². The summed E-state index contributed by atoms with van der Waals surface area (Å²) in [6.07, 6.45) is 0. The molecule has 0 aromatic heterocycles. The summed E-state index contributed by atoms with van der Waals surface area (Å²) >= 11 is 0. The standard InChI is InChI=1S/C8H16O3S/c1-6(2)7-11-8(3,4)5-12(7,9)10/h6-7H,5H2,1-4H3. The van der Waals surface area contributed by atoms with Crippen molar-refractivity contribution in [2.75, 3.05) is 5.75 Å². The molecular weight excluding hydrogens is 176 g/mol. The maximum Gasteiger partial charge on any atom is 0.180 e. The maximum absolute atomic E-state index is 11.5. The first-order valence-electron chi connectivity index (χ1n) is 4.14. The molecule has 0 bridgehead atoms. The maximum atomic E-state index is 11.5. The molecule has 1 aliphatic heterocycles. The molecular formula is C8H16O3S. The van der Waals surface area contributed by atoms with Crippen molar-refractivity contribution in [2.45, 2.75) is 38.7 Å². The Bertz CT molecular complexity index is 264. The Labute approximate surface area is 74.0 Å². The van der Waals surface area contributed by atoms with Gasteiger partial charge in [0.05, 0.1) is 11.4 Å². The lowest BCUT2D eigenvalue weighted by Crippen LogP contribution is -2.25. The largest absolute Gasteiger partial charge is 0.355 e. The minimum atomic E-state index is -3.02. The van der Waals surface area contributed by atoms with Crippen molar-refractivity contribution < 1.29 is 13.2 Å². The molecule has 0 spiro atoms. The Morgan fingerprint density at radius 2 is 1.92 bits per heavy atom. The van der Waals surface area contributed by atoms with Gasteiger partial charge in [-0.3, -0.25) is 0 Å². The van der Waals surface area contributed by atoms with Crippen LogP contribution in [0.5, 0.6) is 0 Å². The minimum absolute atomic E-state index is 0.0387. The highest BCUT2D eigenvalue weighted by atomic mass is 32.2. The predicted molar refractivity (Wildman–Crippen MR) is 47.6 cm³/mol. The zero-order valence-corrected chi connectivity index (χ0v) is 8.81. The molecule has 1 saturated heterocycles. The van der Waals surface area contributed by atoms with Gasteiger partial charge in [0.1, 0.15) is 0 Å². The third kappa shape index (κ3) is 1.80. The molecule has 1 heterocycles. The van der Waals surface area contributed by atoms with Crippen LogP contribution in [-0.4, -0.2) is 25.2 Å². The van der Waals surface area contributed by atoms with Crippen molar-refractivity contribution in [1.29, 1.82) is 0 Å². The van der Waals surface area contributed by atoms with Crippen LogP contribution in [0.2, 0.25) is 0 Å². The second kappa shape index (κ2) is 2.70. The molecule has 72 valence electrons. The molecule has 0 aromatic rings. The molecule has 12 heavy (non-hydrogen) atoms. The highest BCUT2D eigenvalue weighted by Crippen LogP contribution is 2.31. The van der Waals surface area contributed by atoms with E-state index in [1.165, 1.54) is 0 Å². The summed E-state index contributed by atoms with van der Waals surface area (Å²) in [7, 11) is -3.02. The summed E-state index contributed by atoms with van der Waals surface area (Å²) < 4.78 is 28.4. The average Bonchev–Trinajstić information content (AvgIpc) is 1.99. The molecule has 1 rings (SSSR count). The van der Waals surface area contributed by atoms with Gasteiger partial charge in [0, 0.05) is 0 Å². The molecule has 0 aromatic carbocycles. The van der Waals surface area contributed by atoms with Crippen molar-refractivity contribution in [3.63, 3.8) is 0 Å². The summed E-state index contributed by atoms with van der Waals surface area (Å²) in [6.45, 7) is 7.35. The quantitative estimate of drug-likeness (QED) is 0.627. The monoisotopic (exact) mass is 192 g/mol. The van der Waals surface area contributed by atoms with Crippen molar-refractivity contribution in [2.24, 2.45) is 5.92 Å². The van der Waals surface area contributed by atoms with E-state index in [0.29, 0.717) is 0 Å². The Kier molecular flexibility index (Phi) is 2.25. The van der Waals surface area contributed by atoms with Crippen LogP contribution in [0.1, 0.15) is 27.7 Å². The highest BCUT2D eigenvalue weighted by molar-refractivity contribution is 7.92. The van der Waals surface area contributed by atoms with Crippen LogP contribution >= 0.6 is 0 Å². The average molecular weight is 192 g/mol. The fourth-order valence-corrected chi connectivity index (χ4v) is 3.98. The van der Waals surface area contributed by atoms with Crippen LogP contribution in [-0.2, 0) is 14.6 Å². The third-order valence-corrected chi connectivity index (χ3v) is 4.33. The van der Waals surface area contributed by atoms with Crippen LogP contribution in [0, 0.1) is 5.92 Å². The zero-order chi connectivity index (χ0) is 9.57. The smallest absolute Gasteiger partial charge is 0.180 e. The first kappa shape index (κ1) is 9.99. The molecule has 1 fully saturated rings. The second-order valence-corrected chi connectivity index (χ2v) is 6.38. The number of hydrogen-bond acceptors (Lipinski definition) is 3. The molecule has 0 N–H and O–H groups in total. The normalized spacial score (nSPS) is 32.6. The molecule has 1 aliphatic rings. The number of sulfone groups is 1. The molecule has 0 radical (unpaired) electrons. The van der Waals surface area contributed by atoms with E-state index in [-0.39, 0.29) is 11.7 Å². The fraction of sp³-hybridized carbons (Fsp3) is 1.00. The fourth-order valence-electron chi connectivity index (χ4n) is 1.54. The van der Waals surface area contributed by atoms with Crippen LogP contribution in [0.25, 0.3) is 0 Å². The van der Waals surface area contributed by atoms with E-state index in [4.69, 9.17) is 4.74 Å². The van der Waals surface area contributed by atoms with E-state index in [1.807, 2.05) is 27.7 Å². The minimum Gasteiger partial charge on any atom is -0.355 e. The van der Waals surface area contributed by atoms with E-state index in [1.54, 1.807) is 0 Å². The van der Waals surface area contributed by atoms with Crippen LogP contribution < -0.4 is 0 Å². The number of hydrogen-bond donors (Lipinski definition) is 0. The van der Waals surface area contributed by atoms with Gasteiger partial charge in [-0.05, 0) is 19.8 Å². The first-order valence-corrected chi connectivity index (χ1v) is 5.85. The molecule has 3 nitrogen and oxygen atoms in total. The Balaban J connectivity index is 2.93. The van der Waals surface area contributed by atoms with Gasteiger partial charge in [-0.1, -0.05) is 13.8 Å². The van der Waals surface area contributed by atoms with Gasteiger partial charge in [-0.15, -0.1) is 0 Å². The van der Waals surface area contributed by atoms with Crippen LogP contribution in [0.4, 0.5) is 0 Å². The summed E-state index contributed by atoms with van der Waals surface area (Å²) in [5, 5.41) is 0. The Morgan fingerprint density at radius 3 is 2.08 bits per heavy atom. The van der Waals surface area contributed by atoms with Crippen LogP contribution in [0.15, 0.2) is 0 Å². The van der Waals surface area contributed by atoms with Crippen molar-refractivity contribution in [3.05, 3.63) is 0 Å². The van der Waals surface area contributed by atoms with E-state index in [9.17, 15) is 8.42 Å². The Hall–Kier alpha value is -0.0900. The van der Waals surface area contributed by atoms with Gasteiger partial charge >= 0.3 is 0 Å². The molecule has 4 heteroatoms. The summed E-state index contributed by atoms with van der Waals surface area (Å²) in [4.78, 5) is 0. The molecule has 0 saturated carbocycles. The molecule has 0 aliphatic carbocycles. The highest BCUT2D eigenvalue weighted by Gasteiger charge is 2.45. The number of ether oxygens (including phenoxy) is 1. The summed E-state index contributed by atoms with van der Waals surface area (Å²) in [5.74, 6) is 0.180. The Morgan fingerprint density at radius 1 is 1.42 bits per heavy atom. The summed E-state index contributed by atoms with van der Waals surface area (Å²) in [5.41, 5.74) is -1.11. The lowest BCUT2D eigenvalue weighted by Gasteiger charge is -2.18. The van der Waals surface area contributed by atoms with Gasteiger partial charge in [0.25, 0.3) is 0 Å². The molecule has 0 amide bonds. The van der Waals surface area contributed by atoms with Crippen molar-refractivity contribution in [1.82, 2.24) is 0 Å². The lowest BCUT2D eigenvalue weighted by molar-refractivity contribution is -0.0175. The third-order valence-electron chi connectivity index (χ3n) is 1.88. The van der Waals surface area contributed by atoms with Gasteiger partial charge in [-0.25, -0.2) is 8.42 Å². The SMILES string of the molecule is CC(C)C1OC(C)(C)CS1(=O)=O. The second-order valence-electron chi connectivity index (χ2n) is 4.30. The predicted octanol–water partition coefficient (Wildman–Crippen LogP) is 1.19. The number of rotatable bonds is 1. The van der Waals surface area contributed by atoms with Crippen molar-refractivity contribution >= 4 is 9.84 Å². The van der Waals surface area contributed by atoms with E-state index in [0.717, 1.165) is 0 Å².